The Morgan fingerprint density at radius 3 is 2.80 bits per heavy atom. The minimum atomic E-state index is 0.663. The van der Waals surface area contributed by atoms with Crippen LogP contribution < -0.4 is 5.32 Å². The summed E-state index contributed by atoms with van der Waals surface area (Å²) in [5, 5.41) is 5.89. The lowest BCUT2D eigenvalue weighted by Gasteiger charge is -2.09. The first-order valence-electron chi connectivity index (χ1n) is 7.68. The average molecular weight is 347 g/mol. The van der Waals surface area contributed by atoms with Gasteiger partial charge in [-0.3, -0.25) is 9.38 Å². The normalized spacial score (nSPS) is 11.4. The van der Waals surface area contributed by atoms with E-state index < -0.39 is 0 Å². The van der Waals surface area contributed by atoms with Gasteiger partial charge in [0.15, 0.2) is 5.65 Å². The van der Waals surface area contributed by atoms with Gasteiger partial charge in [0.1, 0.15) is 23.3 Å². The van der Waals surface area contributed by atoms with Gasteiger partial charge in [0.2, 0.25) is 0 Å². The SMILES string of the molecule is Clc1cccc(Nc2nc3c(nc4ccncn43)c3cnccc23)c1. The van der Waals surface area contributed by atoms with Gasteiger partial charge < -0.3 is 5.32 Å². The van der Waals surface area contributed by atoms with Crippen molar-refractivity contribution in [3.63, 3.8) is 0 Å². The Bertz CT molecular complexity index is 1250. The van der Waals surface area contributed by atoms with Crippen LogP contribution in [-0.2, 0) is 0 Å². The molecule has 25 heavy (non-hydrogen) atoms. The summed E-state index contributed by atoms with van der Waals surface area (Å²) < 4.78 is 1.87. The third-order valence-electron chi connectivity index (χ3n) is 4.04. The minimum Gasteiger partial charge on any atom is -0.340 e. The Kier molecular flexibility index (Phi) is 3.05. The van der Waals surface area contributed by atoms with E-state index >= 15 is 0 Å². The summed E-state index contributed by atoms with van der Waals surface area (Å²) in [4.78, 5) is 17.9. The fraction of sp³-hybridized carbons (Fsp3) is 0. The number of hydrogen-bond donors (Lipinski definition) is 1. The minimum absolute atomic E-state index is 0.663. The molecule has 4 heterocycles. The zero-order chi connectivity index (χ0) is 16.8. The summed E-state index contributed by atoms with van der Waals surface area (Å²) in [7, 11) is 0. The van der Waals surface area contributed by atoms with E-state index in [0.717, 1.165) is 39.1 Å². The molecule has 0 atom stereocenters. The second-order valence-electron chi connectivity index (χ2n) is 5.61. The van der Waals surface area contributed by atoms with E-state index in [1.165, 1.54) is 0 Å². The van der Waals surface area contributed by atoms with Crippen LogP contribution in [0.5, 0.6) is 0 Å². The standard InChI is InChI=1S/C18H11ClN6/c19-11-2-1-3-12(8-11)22-17-13-4-6-20-9-14(13)16-18(24-17)25-10-21-7-5-15(25)23-16/h1-10H,(H,22,24). The summed E-state index contributed by atoms with van der Waals surface area (Å²) in [6, 6.07) is 11.3. The van der Waals surface area contributed by atoms with Crippen LogP contribution >= 0.6 is 11.6 Å². The van der Waals surface area contributed by atoms with Crippen molar-refractivity contribution in [3.05, 3.63) is 66.3 Å². The zero-order valence-corrected chi connectivity index (χ0v) is 13.6. The third-order valence-corrected chi connectivity index (χ3v) is 4.28. The van der Waals surface area contributed by atoms with Crippen molar-refractivity contribution in [1.29, 1.82) is 0 Å². The van der Waals surface area contributed by atoms with Crippen molar-refractivity contribution in [3.8, 4) is 0 Å². The van der Waals surface area contributed by atoms with Crippen molar-refractivity contribution < 1.29 is 0 Å². The fourth-order valence-electron chi connectivity index (χ4n) is 2.93. The maximum absolute atomic E-state index is 6.09. The fourth-order valence-corrected chi connectivity index (χ4v) is 3.12. The van der Waals surface area contributed by atoms with Gasteiger partial charge in [-0.25, -0.2) is 15.0 Å². The predicted octanol–water partition coefficient (Wildman–Crippen LogP) is 4.22. The predicted molar refractivity (Wildman–Crippen MR) is 98.3 cm³/mol. The average Bonchev–Trinajstić information content (AvgIpc) is 3.01. The summed E-state index contributed by atoms with van der Waals surface area (Å²) >= 11 is 6.09. The van der Waals surface area contributed by atoms with Crippen LogP contribution in [0.15, 0.2) is 61.3 Å². The molecule has 120 valence electrons. The van der Waals surface area contributed by atoms with Crippen LogP contribution in [0.4, 0.5) is 11.5 Å². The molecule has 0 bridgehead atoms. The van der Waals surface area contributed by atoms with Crippen LogP contribution in [0.2, 0.25) is 5.02 Å². The molecule has 0 unspecified atom stereocenters. The van der Waals surface area contributed by atoms with E-state index in [1.54, 1.807) is 18.7 Å². The number of nitrogens with zero attached hydrogens (tertiary/aromatic N) is 5. The number of hydrogen-bond acceptors (Lipinski definition) is 5. The Morgan fingerprint density at radius 2 is 1.88 bits per heavy atom. The molecule has 1 N–H and O–H groups in total. The monoisotopic (exact) mass is 346 g/mol. The highest BCUT2D eigenvalue weighted by molar-refractivity contribution is 6.30. The first kappa shape index (κ1) is 14.1. The van der Waals surface area contributed by atoms with E-state index in [9.17, 15) is 0 Å². The van der Waals surface area contributed by atoms with E-state index in [1.807, 2.05) is 47.0 Å². The number of imidazole rings is 1. The van der Waals surface area contributed by atoms with Crippen molar-refractivity contribution in [1.82, 2.24) is 24.3 Å². The van der Waals surface area contributed by atoms with Crippen molar-refractivity contribution in [2.24, 2.45) is 0 Å². The number of nitrogens with one attached hydrogen (secondary N) is 1. The van der Waals surface area contributed by atoms with Crippen LogP contribution in [0.1, 0.15) is 0 Å². The van der Waals surface area contributed by atoms with Crippen molar-refractivity contribution >= 4 is 50.7 Å². The van der Waals surface area contributed by atoms with Crippen LogP contribution in [0, 0.1) is 0 Å². The van der Waals surface area contributed by atoms with E-state index in [0.29, 0.717) is 5.02 Å². The highest BCUT2D eigenvalue weighted by Gasteiger charge is 2.14. The first-order valence-corrected chi connectivity index (χ1v) is 8.05. The molecule has 6 nitrogen and oxygen atoms in total. The molecular formula is C18H11ClN6. The van der Waals surface area contributed by atoms with Gasteiger partial charge in [-0.1, -0.05) is 17.7 Å². The highest BCUT2D eigenvalue weighted by Crippen LogP contribution is 2.30. The Morgan fingerprint density at radius 1 is 0.960 bits per heavy atom. The summed E-state index contributed by atoms with van der Waals surface area (Å²) in [5.41, 5.74) is 3.19. The van der Waals surface area contributed by atoms with Crippen LogP contribution in [0.3, 0.4) is 0 Å². The molecule has 4 aromatic heterocycles. The van der Waals surface area contributed by atoms with Gasteiger partial charge in [0.05, 0.1) is 0 Å². The van der Waals surface area contributed by atoms with Gasteiger partial charge in [-0.2, -0.15) is 0 Å². The molecule has 5 aromatic rings. The van der Waals surface area contributed by atoms with Crippen molar-refractivity contribution in [2.75, 3.05) is 5.32 Å². The molecule has 0 saturated heterocycles. The molecule has 0 fully saturated rings. The topological polar surface area (TPSA) is 68.0 Å². The number of anilines is 2. The van der Waals surface area contributed by atoms with Gasteiger partial charge in [0, 0.05) is 40.1 Å². The molecule has 0 amide bonds. The molecule has 0 aliphatic carbocycles. The summed E-state index contributed by atoms with van der Waals surface area (Å²) in [6.07, 6.45) is 6.98. The second-order valence-corrected chi connectivity index (χ2v) is 6.05. The lowest BCUT2D eigenvalue weighted by atomic mass is 10.2. The maximum atomic E-state index is 6.09. The molecule has 0 saturated carbocycles. The van der Waals surface area contributed by atoms with Crippen LogP contribution in [0.25, 0.3) is 27.6 Å². The number of halogens is 1. The largest absolute Gasteiger partial charge is 0.340 e. The first-order chi connectivity index (χ1) is 12.3. The summed E-state index contributed by atoms with van der Waals surface area (Å²) in [5.74, 6) is 0.720. The lowest BCUT2D eigenvalue weighted by Crippen LogP contribution is -1.97. The van der Waals surface area contributed by atoms with Gasteiger partial charge in [-0.05, 0) is 30.3 Å². The smallest absolute Gasteiger partial charge is 0.168 e. The van der Waals surface area contributed by atoms with E-state index in [4.69, 9.17) is 16.6 Å². The molecule has 0 radical (unpaired) electrons. The number of benzene rings is 1. The number of aromatic nitrogens is 5. The van der Waals surface area contributed by atoms with Crippen LogP contribution in [-0.4, -0.2) is 24.3 Å². The summed E-state index contributed by atoms with van der Waals surface area (Å²) in [6.45, 7) is 0. The van der Waals surface area contributed by atoms with E-state index in [-0.39, 0.29) is 0 Å². The van der Waals surface area contributed by atoms with Gasteiger partial charge in [0.25, 0.3) is 0 Å². The number of pyridine rings is 2. The van der Waals surface area contributed by atoms with E-state index in [2.05, 4.69) is 20.3 Å². The molecule has 5 rings (SSSR count). The number of rotatable bonds is 2. The quantitative estimate of drug-likeness (QED) is 0.518. The molecule has 0 spiro atoms. The zero-order valence-electron chi connectivity index (χ0n) is 12.9. The Balaban J connectivity index is 1.83. The maximum Gasteiger partial charge on any atom is 0.168 e. The number of fused-ring (bicyclic) bond motifs is 5. The van der Waals surface area contributed by atoms with Crippen molar-refractivity contribution in [2.45, 2.75) is 0 Å². The van der Waals surface area contributed by atoms with Gasteiger partial charge in [-0.15, -0.1) is 0 Å². The van der Waals surface area contributed by atoms with Gasteiger partial charge >= 0.3 is 0 Å². The highest BCUT2D eigenvalue weighted by atomic mass is 35.5. The Labute approximate surface area is 147 Å². The molecule has 0 aliphatic rings. The Hall–Kier alpha value is -3.25. The second kappa shape index (κ2) is 5.39. The molecule has 1 aromatic carbocycles. The molecule has 7 heteroatoms. The lowest BCUT2D eigenvalue weighted by molar-refractivity contribution is 1.09. The molecular weight excluding hydrogens is 336 g/mol. The third kappa shape index (κ3) is 2.27. The molecule has 0 aliphatic heterocycles.